The second-order valence-electron chi connectivity index (χ2n) is 10.5. The molecule has 0 aromatic heterocycles. The van der Waals surface area contributed by atoms with Crippen LogP contribution in [0, 0.1) is 41.4 Å². The van der Waals surface area contributed by atoms with Crippen molar-refractivity contribution in [1.82, 2.24) is 0 Å². The van der Waals surface area contributed by atoms with Crippen LogP contribution in [0.3, 0.4) is 0 Å². The maximum absolute atomic E-state index is 13.3. The van der Waals surface area contributed by atoms with Crippen molar-refractivity contribution in [1.29, 1.82) is 0 Å². The van der Waals surface area contributed by atoms with Crippen LogP contribution in [-0.4, -0.2) is 43.3 Å². The van der Waals surface area contributed by atoms with Crippen LogP contribution in [0.4, 0.5) is 0 Å². The van der Waals surface area contributed by atoms with E-state index in [1.807, 2.05) is 0 Å². The molecule has 10 heteroatoms. The fourth-order valence-corrected chi connectivity index (χ4v) is 7.64. The van der Waals surface area contributed by atoms with Crippen LogP contribution in [0.2, 0.25) is 0 Å². The van der Waals surface area contributed by atoms with E-state index in [-0.39, 0.29) is 23.9 Å². The van der Waals surface area contributed by atoms with E-state index < -0.39 is 61.3 Å². The SMILES string of the molecule is CCC1CC2CC(C1)CC(OC(=O)C1C3CC4C(OC(=O)C41)C3OC(=O)C(N)(N)[I-]O)C2. The monoisotopic (exact) mass is 563 g/mol. The van der Waals surface area contributed by atoms with Crippen molar-refractivity contribution in [3.8, 4) is 0 Å². The van der Waals surface area contributed by atoms with Gasteiger partial charge in [-0.15, -0.1) is 0 Å². The third-order valence-corrected chi connectivity index (χ3v) is 9.81. The van der Waals surface area contributed by atoms with Gasteiger partial charge in [-0.05, 0) is 5.92 Å². The summed E-state index contributed by atoms with van der Waals surface area (Å²) in [5, 5.41) is 0. The molecular formula is C22H32IN2O7-. The van der Waals surface area contributed by atoms with Crippen LogP contribution in [0.5, 0.6) is 0 Å². The van der Waals surface area contributed by atoms with Gasteiger partial charge in [-0.3, -0.25) is 0 Å². The minimum absolute atomic E-state index is 0.114. The van der Waals surface area contributed by atoms with E-state index in [1.54, 1.807) is 0 Å². The fourth-order valence-electron chi connectivity index (χ4n) is 7.32. The Morgan fingerprint density at radius 2 is 1.78 bits per heavy atom. The normalized spacial score (nSPS) is 44.4. The molecule has 9 nitrogen and oxygen atoms in total. The summed E-state index contributed by atoms with van der Waals surface area (Å²) >= 11 is -1.79. The van der Waals surface area contributed by atoms with Crippen molar-refractivity contribution in [3.05, 3.63) is 0 Å². The number of rotatable bonds is 6. The van der Waals surface area contributed by atoms with Crippen LogP contribution >= 0.6 is 0 Å². The average Bonchev–Trinajstić information content (AvgIpc) is 3.36. The number of carbonyl (C=O) groups is 3. The van der Waals surface area contributed by atoms with Gasteiger partial charge in [0.25, 0.3) is 0 Å². The van der Waals surface area contributed by atoms with Gasteiger partial charge < -0.3 is 0 Å². The Morgan fingerprint density at radius 1 is 1.09 bits per heavy atom. The molecule has 5 rings (SSSR count). The van der Waals surface area contributed by atoms with E-state index in [2.05, 4.69) is 6.92 Å². The standard InChI is InChI=1S/C22H32IN2O7/c1-2-9-3-10-5-11(4-9)7-12(6-10)30-19(26)15-14-8-13-16(15)20(27)31-17(13)18(14)32-21(28)22(24,25)23-29/h9-18,29H,2-8,24-25H2,1H3/q-1. The molecule has 8 unspecified atom stereocenters. The topological polar surface area (TPSA) is 151 Å². The van der Waals surface area contributed by atoms with Crippen molar-refractivity contribution in [3.63, 3.8) is 0 Å². The molecule has 1 saturated heterocycles. The van der Waals surface area contributed by atoms with Gasteiger partial charge in [0.05, 0.1) is 0 Å². The van der Waals surface area contributed by atoms with Crippen molar-refractivity contribution >= 4 is 17.9 Å². The first kappa shape index (κ1) is 22.8. The molecule has 4 aliphatic carbocycles. The number of halogens is 1. The third-order valence-electron chi connectivity index (χ3n) is 8.57. The van der Waals surface area contributed by atoms with Gasteiger partial charge in [-0.1, -0.05) is 13.3 Å². The van der Waals surface area contributed by atoms with Crippen LogP contribution in [0.1, 0.15) is 51.9 Å². The number of ether oxygens (including phenoxy) is 3. The molecule has 5 N–H and O–H groups in total. The number of esters is 3. The first-order valence-corrected chi connectivity index (χ1v) is 13.8. The summed E-state index contributed by atoms with van der Waals surface area (Å²) in [6, 6.07) is 0. The molecule has 0 aromatic carbocycles. The van der Waals surface area contributed by atoms with Gasteiger partial charge >= 0.3 is 179 Å². The maximum atomic E-state index is 13.3. The van der Waals surface area contributed by atoms with Gasteiger partial charge in [-0.2, -0.15) is 0 Å². The Hall–Kier alpha value is -0.980. The predicted octanol–water partition coefficient (Wildman–Crippen LogP) is -2.58. The molecule has 4 bridgehead atoms. The summed E-state index contributed by atoms with van der Waals surface area (Å²) in [5.74, 6) is -1.50. The first-order valence-electron chi connectivity index (χ1n) is 11.7. The zero-order valence-corrected chi connectivity index (χ0v) is 20.3. The van der Waals surface area contributed by atoms with E-state index in [4.69, 9.17) is 25.7 Å². The molecule has 0 radical (unpaired) electrons. The number of fused-ring (bicyclic) bond motifs is 3. The number of carbonyl (C=O) groups excluding carboxylic acids is 3. The summed E-state index contributed by atoms with van der Waals surface area (Å²) in [7, 11) is 0. The number of hydrogen-bond donors (Lipinski definition) is 3. The Morgan fingerprint density at radius 3 is 2.41 bits per heavy atom. The van der Waals surface area contributed by atoms with Crippen molar-refractivity contribution in [2.45, 2.75) is 73.9 Å². The molecule has 8 atom stereocenters. The quantitative estimate of drug-likeness (QED) is 0.0791. The van der Waals surface area contributed by atoms with Crippen LogP contribution in [0.15, 0.2) is 0 Å². The molecule has 0 aromatic rings. The van der Waals surface area contributed by atoms with Gasteiger partial charge in [0.15, 0.2) is 0 Å². The van der Waals surface area contributed by atoms with E-state index in [0.717, 1.165) is 18.8 Å². The third kappa shape index (κ3) is 3.74. The van der Waals surface area contributed by atoms with E-state index in [9.17, 15) is 17.8 Å². The van der Waals surface area contributed by atoms with Gasteiger partial charge in [0.1, 0.15) is 0 Å². The molecule has 32 heavy (non-hydrogen) atoms. The zero-order valence-electron chi connectivity index (χ0n) is 18.2. The Labute approximate surface area is 198 Å². The predicted molar refractivity (Wildman–Crippen MR) is 105 cm³/mol. The first-order chi connectivity index (χ1) is 15.2. The Kier molecular flexibility index (Phi) is 5.95. The van der Waals surface area contributed by atoms with Crippen LogP contribution < -0.4 is 33.1 Å². The summed E-state index contributed by atoms with van der Waals surface area (Å²) in [6.07, 6.45) is 5.69. The molecule has 180 valence electrons. The molecule has 1 heterocycles. The zero-order chi connectivity index (χ0) is 22.8. The van der Waals surface area contributed by atoms with Gasteiger partial charge in [-0.25, -0.2) is 0 Å². The minimum atomic E-state index is -1.94. The van der Waals surface area contributed by atoms with E-state index >= 15 is 0 Å². The van der Waals surface area contributed by atoms with Gasteiger partial charge in [0.2, 0.25) is 0 Å². The van der Waals surface area contributed by atoms with Gasteiger partial charge in [0, 0.05) is 0 Å². The molecular weight excluding hydrogens is 531 g/mol. The number of hydrogen-bond acceptors (Lipinski definition) is 9. The molecule has 0 spiro atoms. The number of nitrogens with two attached hydrogens (primary N) is 2. The van der Waals surface area contributed by atoms with Crippen LogP contribution in [-0.2, 0) is 28.6 Å². The summed E-state index contributed by atoms with van der Waals surface area (Å²) in [4.78, 5) is 38.2. The molecule has 1 aliphatic heterocycles. The number of alkyl halides is 1. The summed E-state index contributed by atoms with van der Waals surface area (Å²) < 4.78 is 24.5. The summed E-state index contributed by atoms with van der Waals surface area (Å²) in [5.41, 5.74) is 11.3. The molecule has 0 amide bonds. The average molecular weight is 563 g/mol. The Balaban J connectivity index is 1.28. The Bertz CT molecular complexity index is 793. The van der Waals surface area contributed by atoms with Crippen LogP contribution in [0.25, 0.3) is 0 Å². The molecule has 5 fully saturated rings. The molecule has 5 aliphatic rings. The van der Waals surface area contributed by atoms with E-state index in [1.165, 1.54) is 25.7 Å². The van der Waals surface area contributed by atoms with Crippen molar-refractivity contribution in [2.24, 2.45) is 52.9 Å². The molecule has 4 saturated carbocycles. The van der Waals surface area contributed by atoms with E-state index in [0.29, 0.717) is 18.3 Å². The fraction of sp³-hybridized carbons (Fsp3) is 0.864. The summed E-state index contributed by atoms with van der Waals surface area (Å²) in [6.45, 7) is 2.25. The van der Waals surface area contributed by atoms with Crippen molar-refractivity contribution in [2.75, 3.05) is 0 Å². The van der Waals surface area contributed by atoms with Crippen molar-refractivity contribution < 1.29 is 53.7 Å². The second-order valence-corrected chi connectivity index (χ2v) is 12.8. The second kappa shape index (κ2) is 8.35.